The minimum absolute atomic E-state index is 0.181. The molecule has 0 unspecified atom stereocenters. The van der Waals surface area contributed by atoms with Gasteiger partial charge in [-0.05, 0) is 35.8 Å². The van der Waals surface area contributed by atoms with Crippen LogP contribution in [0.3, 0.4) is 0 Å². The van der Waals surface area contributed by atoms with E-state index in [9.17, 15) is 9.59 Å². The van der Waals surface area contributed by atoms with Gasteiger partial charge in [-0.1, -0.05) is 24.3 Å². The first-order valence-electron chi connectivity index (χ1n) is 7.45. The Hall–Kier alpha value is -2.82. The molecule has 1 amide bonds. The van der Waals surface area contributed by atoms with Gasteiger partial charge >= 0.3 is 5.97 Å². The molecule has 1 aromatic carbocycles. The van der Waals surface area contributed by atoms with E-state index in [1.165, 1.54) is 24.0 Å². The van der Waals surface area contributed by atoms with E-state index in [0.29, 0.717) is 18.8 Å². The lowest BCUT2D eigenvalue weighted by Gasteiger charge is -2.28. The molecule has 0 atom stereocenters. The summed E-state index contributed by atoms with van der Waals surface area (Å²) < 4.78 is 10.1. The second kappa shape index (κ2) is 6.96. The van der Waals surface area contributed by atoms with E-state index in [-0.39, 0.29) is 12.5 Å². The van der Waals surface area contributed by atoms with Gasteiger partial charge < -0.3 is 14.1 Å². The van der Waals surface area contributed by atoms with Crippen LogP contribution < -0.4 is 0 Å². The summed E-state index contributed by atoms with van der Waals surface area (Å²) in [7, 11) is 0. The quantitative estimate of drug-likeness (QED) is 0.643. The standard InChI is InChI=1S/C18H17NO4/c20-17(13-23-18(21)8-7-16-6-3-11-22-16)19-10-9-14-4-1-2-5-15(14)12-19/h1-8,11H,9-10,12-13H2. The highest BCUT2D eigenvalue weighted by Crippen LogP contribution is 2.18. The smallest absolute Gasteiger partial charge is 0.331 e. The third kappa shape index (κ3) is 3.88. The Balaban J connectivity index is 1.49. The molecule has 5 heteroatoms. The molecule has 3 rings (SSSR count). The predicted octanol–water partition coefficient (Wildman–Crippen LogP) is 2.42. The highest BCUT2D eigenvalue weighted by molar-refractivity contribution is 5.89. The summed E-state index contributed by atoms with van der Waals surface area (Å²) in [6.07, 6.45) is 5.10. The van der Waals surface area contributed by atoms with E-state index in [2.05, 4.69) is 6.07 Å². The zero-order valence-electron chi connectivity index (χ0n) is 12.6. The molecule has 2 aromatic rings. The number of rotatable bonds is 4. The Morgan fingerprint density at radius 1 is 1.17 bits per heavy atom. The molecule has 0 fully saturated rings. The summed E-state index contributed by atoms with van der Waals surface area (Å²) in [5.41, 5.74) is 2.42. The van der Waals surface area contributed by atoms with Crippen molar-refractivity contribution in [1.82, 2.24) is 4.90 Å². The second-order valence-electron chi connectivity index (χ2n) is 5.29. The number of amides is 1. The maximum absolute atomic E-state index is 12.2. The summed E-state index contributed by atoms with van der Waals surface area (Å²) in [6, 6.07) is 11.5. The van der Waals surface area contributed by atoms with Crippen LogP contribution in [-0.2, 0) is 27.3 Å². The maximum atomic E-state index is 12.2. The van der Waals surface area contributed by atoms with Crippen LogP contribution in [0.1, 0.15) is 16.9 Å². The van der Waals surface area contributed by atoms with Crippen LogP contribution in [0.5, 0.6) is 0 Å². The third-order valence-electron chi connectivity index (χ3n) is 3.75. The Morgan fingerprint density at radius 3 is 2.78 bits per heavy atom. The van der Waals surface area contributed by atoms with Gasteiger partial charge in [0.05, 0.1) is 6.26 Å². The van der Waals surface area contributed by atoms with Gasteiger partial charge in [-0.2, -0.15) is 0 Å². The number of hydrogen-bond donors (Lipinski definition) is 0. The zero-order valence-corrected chi connectivity index (χ0v) is 12.6. The molecule has 0 saturated heterocycles. The number of ether oxygens (including phenoxy) is 1. The first kappa shape index (κ1) is 15.1. The molecular formula is C18H17NO4. The van der Waals surface area contributed by atoms with Gasteiger partial charge in [0.1, 0.15) is 5.76 Å². The van der Waals surface area contributed by atoms with Gasteiger partial charge in [-0.3, -0.25) is 4.79 Å². The zero-order chi connectivity index (χ0) is 16.1. The summed E-state index contributed by atoms with van der Waals surface area (Å²) in [5, 5.41) is 0. The highest BCUT2D eigenvalue weighted by atomic mass is 16.5. The molecular weight excluding hydrogens is 294 g/mol. The minimum atomic E-state index is -0.563. The Labute approximate surface area is 134 Å². The fourth-order valence-electron chi connectivity index (χ4n) is 2.52. The van der Waals surface area contributed by atoms with Crippen molar-refractivity contribution in [3.8, 4) is 0 Å². The molecule has 1 aromatic heterocycles. The van der Waals surface area contributed by atoms with Crippen LogP contribution in [-0.4, -0.2) is 29.9 Å². The SMILES string of the molecule is O=C(C=Cc1ccco1)OCC(=O)N1CCc2ccccc2C1. The molecule has 0 N–H and O–H groups in total. The fraction of sp³-hybridized carbons (Fsp3) is 0.222. The third-order valence-corrected chi connectivity index (χ3v) is 3.75. The van der Waals surface area contributed by atoms with E-state index < -0.39 is 5.97 Å². The maximum Gasteiger partial charge on any atom is 0.331 e. The Kier molecular flexibility index (Phi) is 4.57. The molecule has 1 aliphatic rings. The molecule has 5 nitrogen and oxygen atoms in total. The lowest BCUT2D eigenvalue weighted by atomic mass is 10.00. The van der Waals surface area contributed by atoms with Crippen LogP contribution >= 0.6 is 0 Å². The normalized spacial score (nSPS) is 13.8. The van der Waals surface area contributed by atoms with Gasteiger partial charge in [-0.25, -0.2) is 4.79 Å². The van der Waals surface area contributed by atoms with E-state index in [4.69, 9.17) is 9.15 Å². The van der Waals surface area contributed by atoms with Crippen molar-refractivity contribution < 1.29 is 18.7 Å². The molecule has 0 radical (unpaired) electrons. The largest absolute Gasteiger partial charge is 0.465 e. The number of furan rings is 1. The van der Waals surface area contributed by atoms with Gasteiger partial charge in [0, 0.05) is 19.2 Å². The minimum Gasteiger partial charge on any atom is -0.465 e. The van der Waals surface area contributed by atoms with Crippen LogP contribution in [0, 0.1) is 0 Å². The Morgan fingerprint density at radius 2 is 2.00 bits per heavy atom. The van der Waals surface area contributed by atoms with Crippen molar-refractivity contribution >= 4 is 18.0 Å². The molecule has 23 heavy (non-hydrogen) atoms. The molecule has 0 aliphatic carbocycles. The fourth-order valence-corrected chi connectivity index (χ4v) is 2.52. The topological polar surface area (TPSA) is 59.8 Å². The van der Waals surface area contributed by atoms with Crippen molar-refractivity contribution in [2.24, 2.45) is 0 Å². The number of hydrogen-bond acceptors (Lipinski definition) is 4. The van der Waals surface area contributed by atoms with Crippen LogP contribution in [0.4, 0.5) is 0 Å². The van der Waals surface area contributed by atoms with E-state index in [0.717, 1.165) is 12.0 Å². The van der Waals surface area contributed by atoms with Gasteiger partial charge in [-0.15, -0.1) is 0 Å². The van der Waals surface area contributed by atoms with Crippen LogP contribution in [0.2, 0.25) is 0 Å². The number of carbonyl (C=O) groups excluding carboxylic acids is 2. The summed E-state index contributed by atoms with van der Waals surface area (Å²) in [5.74, 6) is -0.188. The number of fused-ring (bicyclic) bond motifs is 1. The summed E-state index contributed by atoms with van der Waals surface area (Å²) in [6.45, 7) is 0.966. The molecule has 2 heterocycles. The second-order valence-corrected chi connectivity index (χ2v) is 5.29. The van der Waals surface area contributed by atoms with Crippen LogP contribution in [0.25, 0.3) is 6.08 Å². The van der Waals surface area contributed by atoms with Crippen molar-refractivity contribution in [2.75, 3.05) is 13.2 Å². The van der Waals surface area contributed by atoms with Crippen molar-refractivity contribution in [3.05, 3.63) is 65.6 Å². The predicted molar refractivity (Wildman–Crippen MR) is 84.3 cm³/mol. The van der Waals surface area contributed by atoms with Crippen LogP contribution in [0.15, 0.2) is 53.2 Å². The summed E-state index contributed by atoms with van der Waals surface area (Å²) >= 11 is 0. The number of nitrogens with zero attached hydrogens (tertiary/aromatic N) is 1. The van der Waals surface area contributed by atoms with Gasteiger partial charge in [0.2, 0.25) is 0 Å². The lowest BCUT2D eigenvalue weighted by Crippen LogP contribution is -2.38. The van der Waals surface area contributed by atoms with E-state index in [1.54, 1.807) is 17.0 Å². The average molecular weight is 311 g/mol. The lowest BCUT2D eigenvalue weighted by molar-refractivity contribution is -0.148. The monoisotopic (exact) mass is 311 g/mol. The average Bonchev–Trinajstić information content (AvgIpc) is 3.11. The van der Waals surface area contributed by atoms with Gasteiger partial charge in [0.25, 0.3) is 5.91 Å². The summed E-state index contributed by atoms with van der Waals surface area (Å²) in [4.78, 5) is 25.5. The number of benzene rings is 1. The van der Waals surface area contributed by atoms with E-state index >= 15 is 0 Å². The molecule has 1 aliphatic heterocycles. The number of esters is 1. The van der Waals surface area contributed by atoms with Crippen molar-refractivity contribution in [3.63, 3.8) is 0 Å². The van der Waals surface area contributed by atoms with Gasteiger partial charge in [0.15, 0.2) is 6.61 Å². The highest BCUT2D eigenvalue weighted by Gasteiger charge is 2.20. The molecule has 118 valence electrons. The van der Waals surface area contributed by atoms with E-state index in [1.807, 2.05) is 18.2 Å². The van der Waals surface area contributed by atoms with Crippen molar-refractivity contribution in [2.45, 2.75) is 13.0 Å². The molecule has 0 spiro atoms. The first-order chi connectivity index (χ1) is 11.2. The Bertz CT molecular complexity index is 718. The molecule has 0 saturated carbocycles. The first-order valence-corrected chi connectivity index (χ1v) is 7.45. The number of carbonyl (C=O) groups is 2. The molecule has 0 bridgehead atoms. The van der Waals surface area contributed by atoms with Crippen molar-refractivity contribution in [1.29, 1.82) is 0 Å².